The molecule has 0 aliphatic rings. The fourth-order valence-corrected chi connectivity index (χ4v) is 1.98. The fourth-order valence-electron chi connectivity index (χ4n) is 1.98. The number of esters is 1. The quantitative estimate of drug-likeness (QED) is 0.862. The molecule has 0 spiro atoms. The number of ether oxygens (including phenoxy) is 1. The molecular formula is C18H18FNO3. The van der Waals surface area contributed by atoms with Crippen LogP contribution < -0.4 is 5.32 Å². The van der Waals surface area contributed by atoms with Gasteiger partial charge in [-0.15, -0.1) is 0 Å². The van der Waals surface area contributed by atoms with Crippen molar-refractivity contribution in [3.8, 4) is 0 Å². The van der Waals surface area contributed by atoms with Crippen molar-refractivity contribution in [2.45, 2.75) is 20.3 Å². The Balaban J connectivity index is 1.81. The molecule has 0 aromatic heterocycles. The summed E-state index contributed by atoms with van der Waals surface area (Å²) in [7, 11) is 0. The van der Waals surface area contributed by atoms with E-state index in [-0.39, 0.29) is 12.1 Å². The summed E-state index contributed by atoms with van der Waals surface area (Å²) in [6.45, 7) is 3.26. The van der Waals surface area contributed by atoms with Gasteiger partial charge < -0.3 is 10.1 Å². The number of hydrogen-bond acceptors (Lipinski definition) is 3. The summed E-state index contributed by atoms with van der Waals surface area (Å²) in [4.78, 5) is 23.4. The second-order valence-corrected chi connectivity index (χ2v) is 5.35. The van der Waals surface area contributed by atoms with Crippen LogP contribution in [0.5, 0.6) is 0 Å². The van der Waals surface area contributed by atoms with Gasteiger partial charge in [0.2, 0.25) is 0 Å². The predicted octanol–water partition coefficient (Wildman–Crippen LogP) is 3.17. The van der Waals surface area contributed by atoms with Crippen LogP contribution in [0.1, 0.15) is 16.7 Å². The van der Waals surface area contributed by atoms with Crippen molar-refractivity contribution < 1.29 is 18.7 Å². The monoisotopic (exact) mass is 315 g/mol. The molecule has 2 aromatic rings. The second-order valence-electron chi connectivity index (χ2n) is 5.35. The van der Waals surface area contributed by atoms with E-state index in [9.17, 15) is 14.0 Å². The maximum absolute atomic E-state index is 13.6. The number of amides is 1. The SMILES string of the molecule is Cc1ccc(CC(=O)OCC(=O)Nc2ccc(C)cc2F)cc1. The highest BCUT2D eigenvalue weighted by Crippen LogP contribution is 2.15. The van der Waals surface area contributed by atoms with Crippen LogP contribution in [0.2, 0.25) is 0 Å². The minimum Gasteiger partial charge on any atom is -0.455 e. The lowest BCUT2D eigenvalue weighted by atomic mass is 10.1. The minimum atomic E-state index is -0.579. The molecule has 2 rings (SSSR count). The van der Waals surface area contributed by atoms with Gasteiger partial charge in [0.1, 0.15) is 5.82 Å². The number of carbonyl (C=O) groups excluding carboxylic acids is 2. The van der Waals surface area contributed by atoms with Gasteiger partial charge in [0.05, 0.1) is 12.1 Å². The van der Waals surface area contributed by atoms with E-state index >= 15 is 0 Å². The van der Waals surface area contributed by atoms with Gasteiger partial charge in [0.15, 0.2) is 6.61 Å². The molecule has 1 N–H and O–H groups in total. The van der Waals surface area contributed by atoms with Crippen molar-refractivity contribution in [3.63, 3.8) is 0 Å². The van der Waals surface area contributed by atoms with Crippen LogP contribution in [-0.2, 0) is 20.7 Å². The van der Waals surface area contributed by atoms with Crippen LogP contribution in [0.3, 0.4) is 0 Å². The predicted molar refractivity (Wildman–Crippen MR) is 85.6 cm³/mol. The van der Waals surface area contributed by atoms with Crippen LogP contribution in [-0.4, -0.2) is 18.5 Å². The first-order valence-electron chi connectivity index (χ1n) is 7.21. The van der Waals surface area contributed by atoms with Crippen molar-refractivity contribution in [2.75, 3.05) is 11.9 Å². The smallest absolute Gasteiger partial charge is 0.310 e. The Morgan fingerprint density at radius 1 is 1.04 bits per heavy atom. The first kappa shape index (κ1) is 16.7. The van der Waals surface area contributed by atoms with E-state index in [4.69, 9.17) is 4.74 Å². The third-order valence-electron chi connectivity index (χ3n) is 3.23. The van der Waals surface area contributed by atoms with Gasteiger partial charge in [-0.1, -0.05) is 35.9 Å². The highest BCUT2D eigenvalue weighted by Gasteiger charge is 2.11. The largest absolute Gasteiger partial charge is 0.455 e. The molecule has 120 valence electrons. The molecule has 0 heterocycles. The lowest BCUT2D eigenvalue weighted by Crippen LogP contribution is -2.22. The van der Waals surface area contributed by atoms with Gasteiger partial charge in [-0.3, -0.25) is 9.59 Å². The summed E-state index contributed by atoms with van der Waals surface area (Å²) >= 11 is 0. The average Bonchev–Trinajstić information content (AvgIpc) is 2.50. The molecule has 2 aromatic carbocycles. The van der Waals surface area contributed by atoms with Crippen LogP contribution >= 0.6 is 0 Å². The Hall–Kier alpha value is -2.69. The molecule has 0 aliphatic carbocycles. The molecule has 0 aliphatic heterocycles. The molecule has 0 fully saturated rings. The van der Waals surface area contributed by atoms with Crippen molar-refractivity contribution in [1.29, 1.82) is 0 Å². The third kappa shape index (κ3) is 5.21. The Labute approximate surface area is 134 Å². The van der Waals surface area contributed by atoms with Crippen LogP contribution in [0, 0.1) is 19.7 Å². The number of benzene rings is 2. The van der Waals surface area contributed by atoms with Crippen molar-refractivity contribution >= 4 is 17.6 Å². The maximum atomic E-state index is 13.6. The number of rotatable bonds is 5. The number of nitrogens with one attached hydrogen (secondary N) is 1. The summed E-state index contributed by atoms with van der Waals surface area (Å²) < 4.78 is 18.5. The zero-order valence-electron chi connectivity index (χ0n) is 13.1. The first-order valence-corrected chi connectivity index (χ1v) is 7.21. The van der Waals surface area contributed by atoms with Gasteiger partial charge in [0, 0.05) is 0 Å². The molecule has 0 atom stereocenters. The van der Waals surface area contributed by atoms with Gasteiger partial charge in [-0.2, -0.15) is 0 Å². The highest BCUT2D eigenvalue weighted by atomic mass is 19.1. The number of hydrogen-bond donors (Lipinski definition) is 1. The summed E-state index contributed by atoms with van der Waals surface area (Å²) in [5.74, 6) is -1.61. The van der Waals surface area contributed by atoms with E-state index in [1.54, 1.807) is 13.0 Å². The molecule has 5 heteroatoms. The van der Waals surface area contributed by atoms with Crippen molar-refractivity contribution in [1.82, 2.24) is 0 Å². The molecule has 0 saturated heterocycles. The zero-order chi connectivity index (χ0) is 16.8. The first-order chi connectivity index (χ1) is 10.9. The molecule has 1 amide bonds. The fraction of sp³-hybridized carbons (Fsp3) is 0.222. The average molecular weight is 315 g/mol. The maximum Gasteiger partial charge on any atom is 0.310 e. The summed E-state index contributed by atoms with van der Waals surface area (Å²) in [5, 5.41) is 2.37. The van der Waals surface area contributed by atoms with E-state index < -0.39 is 24.3 Å². The normalized spacial score (nSPS) is 10.2. The van der Waals surface area contributed by atoms with E-state index in [0.717, 1.165) is 16.7 Å². The van der Waals surface area contributed by atoms with E-state index in [0.29, 0.717) is 0 Å². The zero-order valence-corrected chi connectivity index (χ0v) is 13.1. The summed E-state index contributed by atoms with van der Waals surface area (Å²) in [6, 6.07) is 11.9. The van der Waals surface area contributed by atoms with Crippen molar-refractivity contribution in [3.05, 3.63) is 65.0 Å². The Morgan fingerprint density at radius 3 is 2.35 bits per heavy atom. The van der Waals surface area contributed by atoms with Gasteiger partial charge in [-0.05, 0) is 37.1 Å². The Kier molecular flexibility index (Phi) is 5.46. The molecule has 0 bridgehead atoms. The van der Waals surface area contributed by atoms with Gasteiger partial charge in [0.25, 0.3) is 5.91 Å². The second kappa shape index (κ2) is 7.54. The number of aryl methyl sites for hydroxylation is 2. The van der Waals surface area contributed by atoms with E-state index in [2.05, 4.69) is 5.32 Å². The van der Waals surface area contributed by atoms with E-state index in [1.165, 1.54) is 12.1 Å². The standard InChI is InChI=1S/C18H18FNO3/c1-12-3-6-14(7-4-12)10-18(22)23-11-17(21)20-16-8-5-13(2)9-15(16)19/h3-9H,10-11H2,1-2H3,(H,20,21). The lowest BCUT2D eigenvalue weighted by Gasteiger charge is -2.08. The molecule has 0 unspecified atom stereocenters. The molecule has 0 radical (unpaired) electrons. The number of halogens is 1. The molecule has 0 saturated carbocycles. The van der Waals surface area contributed by atoms with Crippen molar-refractivity contribution in [2.24, 2.45) is 0 Å². The molecule has 4 nitrogen and oxygen atoms in total. The Bertz CT molecular complexity index is 711. The number of carbonyl (C=O) groups is 2. The summed E-state index contributed by atoms with van der Waals surface area (Å²) in [6.07, 6.45) is 0.0897. The summed E-state index contributed by atoms with van der Waals surface area (Å²) in [5.41, 5.74) is 2.73. The number of anilines is 1. The molecule has 23 heavy (non-hydrogen) atoms. The van der Waals surface area contributed by atoms with Crippen LogP contribution in [0.4, 0.5) is 10.1 Å². The Morgan fingerprint density at radius 2 is 1.70 bits per heavy atom. The molecular weight excluding hydrogens is 297 g/mol. The van der Waals surface area contributed by atoms with Gasteiger partial charge >= 0.3 is 5.97 Å². The lowest BCUT2D eigenvalue weighted by molar-refractivity contribution is -0.146. The van der Waals surface area contributed by atoms with Crippen LogP contribution in [0.25, 0.3) is 0 Å². The minimum absolute atomic E-state index is 0.0650. The van der Waals surface area contributed by atoms with E-state index in [1.807, 2.05) is 31.2 Å². The third-order valence-corrected chi connectivity index (χ3v) is 3.23. The highest BCUT2D eigenvalue weighted by molar-refractivity contribution is 5.93. The van der Waals surface area contributed by atoms with Crippen LogP contribution in [0.15, 0.2) is 42.5 Å². The topological polar surface area (TPSA) is 55.4 Å². The van der Waals surface area contributed by atoms with Gasteiger partial charge in [-0.25, -0.2) is 4.39 Å².